The van der Waals surface area contributed by atoms with Gasteiger partial charge < -0.3 is 9.72 Å². The van der Waals surface area contributed by atoms with E-state index in [1.165, 1.54) is 12.1 Å². The number of H-pyrrole nitrogens is 2. The maximum absolute atomic E-state index is 12.0. The fourth-order valence-electron chi connectivity index (χ4n) is 2.62. The van der Waals surface area contributed by atoms with Crippen molar-refractivity contribution in [3.8, 4) is 23.3 Å². The van der Waals surface area contributed by atoms with Crippen molar-refractivity contribution in [1.29, 1.82) is 5.26 Å². The van der Waals surface area contributed by atoms with Gasteiger partial charge in [0.2, 0.25) is 5.69 Å². The maximum Gasteiger partial charge on any atom is 0.349 e. The van der Waals surface area contributed by atoms with Gasteiger partial charge in [-0.05, 0) is 35.7 Å². The van der Waals surface area contributed by atoms with Crippen LogP contribution < -0.4 is 16.0 Å². The summed E-state index contributed by atoms with van der Waals surface area (Å²) >= 11 is 12.6. The number of hydrogen-bond acceptors (Lipinski definition) is 5. The maximum atomic E-state index is 12.0. The molecule has 0 atom stereocenters. The summed E-state index contributed by atoms with van der Waals surface area (Å²) in [5.74, 6) is 0.702. The highest BCUT2D eigenvalue weighted by Crippen LogP contribution is 2.38. The molecule has 0 fully saturated rings. The summed E-state index contributed by atoms with van der Waals surface area (Å²) in [4.78, 5) is 28.6. The molecule has 0 aliphatic rings. The van der Waals surface area contributed by atoms with Gasteiger partial charge in [0.1, 0.15) is 11.8 Å². The molecule has 2 N–H and O–H groups in total. The van der Waals surface area contributed by atoms with E-state index in [4.69, 9.17) is 33.2 Å². The summed E-state index contributed by atoms with van der Waals surface area (Å²) in [7, 11) is 0. The molecule has 0 saturated carbocycles. The second-order valence-electron chi connectivity index (χ2n) is 5.70. The van der Waals surface area contributed by atoms with Gasteiger partial charge in [0, 0.05) is 17.8 Å². The highest BCUT2D eigenvalue weighted by molar-refractivity contribution is 6.37. The van der Waals surface area contributed by atoms with Crippen molar-refractivity contribution in [2.45, 2.75) is 0 Å². The number of fused-ring (bicyclic) bond motifs is 1. The monoisotopic (exact) mass is 413 g/mol. The molecule has 0 aliphatic carbocycles. The van der Waals surface area contributed by atoms with Gasteiger partial charge in [-0.3, -0.25) is 9.78 Å². The van der Waals surface area contributed by atoms with Crippen molar-refractivity contribution in [1.82, 2.24) is 19.7 Å². The van der Waals surface area contributed by atoms with Crippen LogP contribution in [0.3, 0.4) is 0 Å². The summed E-state index contributed by atoms with van der Waals surface area (Å²) in [6.45, 7) is 0. The second-order valence-corrected chi connectivity index (χ2v) is 6.51. The lowest BCUT2D eigenvalue weighted by molar-refractivity contribution is 0.483. The van der Waals surface area contributed by atoms with E-state index in [9.17, 15) is 9.59 Å². The molecule has 28 heavy (non-hydrogen) atoms. The summed E-state index contributed by atoms with van der Waals surface area (Å²) in [5, 5.41) is 13.9. The predicted molar refractivity (Wildman–Crippen MR) is 104 cm³/mol. The third kappa shape index (κ3) is 3.13. The van der Waals surface area contributed by atoms with E-state index in [1.54, 1.807) is 18.2 Å². The SMILES string of the molecule is N#Cc1nn(-c2cc(Cl)c(Oc3ccc4cc[nH]c4c3)c(Cl)c2)c(=O)[nH]c1=O. The molecule has 0 radical (unpaired) electrons. The van der Waals surface area contributed by atoms with Gasteiger partial charge in [0.15, 0.2) is 5.75 Å². The van der Waals surface area contributed by atoms with Crippen LogP contribution in [0, 0.1) is 11.3 Å². The van der Waals surface area contributed by atoms with Gasteiger partial charge in [-0.2, -0.15) is 9.94 Å². The standard InChI is InChI=1S/C18H9Cl2N5O3/c19-12-5-10(25-18(27)23-17(26)15(8-21)24-25)6-13(20)16(12)28-11-2-1-9-3-4-22-14(9)7-11/h1-7,22H,(H,23,26,27). The number of nitrogens with zero attached hydrogens (tertiary/aromatic N) is 3. The van der Waals surface area contributed by atoms with Crippen LogP contribution in [0.25, 0.3) is 16.6 Å². The van der Waals surface area contributed by atoms with Crippen molar-refractivity contribution < 1.29 is 4.74 Å². The molecule has 10 heteroatoms. The minimum absolute atomic E-state index is 0.118. The van der Waals surface area contributed by atoms with Gasteiger partial charge >= 0.3 is 5.69 Å². The Morgan fingerprint density at radius 3 is 2.57 bits per heavy atom. The Labute approximate surface area is 166 Å². The van der Waals surface area contributed by atoms with Crippen LogP contribution in [-0.4, -0.2) is 19.7 Å². The van der Waals surface area contributed by atoms with Gasteiger partial charge in [-0.1, -0.05) is 23.2 Å². The molecule has 0 saturated heterocycles. The molecule has 2 heterocycles. The number of aromatic nitrogens is 4. The van der Waals surface area contributed by atoms with Crippen LogP contribution in [0.4, 0.5) is 0 Å². The molecule has 0 unspecified atom stereocenters. The summed E-state index contributed by atoms with van der Waals surface area (Å²) in [6.07, 6.45) is 1.81. The van der Waals surface area contributed by atoms with Crippen LogP contribution in [0.15, 0.2) is 52.2 Å². The van der Waals surface area contributed by atoms with E-state index >= 15 is 0 Å². The van der Waals surface area contributed by atoms with Crippen LogP contribution in [0.1, 0.15) is 5.69 Å². The lowest BCUT2D eigenvalue weighted by Gasteiger charge is -2.12. The number of nitrogens with one attached hydrogen (secondary N) is 2. The molecule has 0 aliphatic heterocycles. The molecule has 8 nitrogen and oxygen atoms in total. The van der Waals surface area contributed by atoms with Crippen molar-refractivity contribution in [2.75, 3.05) is 0 Å². The van der Waals surface area contributed by atoms with Gasteiger partial charge in [-0.25, -0.2) is 4.79 Å². The molecule has 138 valence electrons. The lowest BCUT2D eigenvalue weighted by atomic mass is 10.2. The van der Waals surface area contributed by atoms with Crippen LogP contribution in [-0.2, 0) is 0 Å². The Hall–Kier alpha value is -3.54. The number of nitriles is 1. The number of aromatic amines is 2. The molecular weight excluding hydrogens is 405 g/mol. The first-order chi connectivity index (χ1) is 13.5. The first-order valence-electron chi connectivity index (χ1n) is 7.84. The first-order valence-corrected chi connectivity index (χ1v) is 8.60. The van der Waals surface area contributed by atoms with Crippen molar-refractivity contribution in [3.63, 3.8) is 0 Å². The van der Waals surface area contributed by atoms with E-state index in [2.05, 4.69) is 10.1 Å². The largest absolute Gasteiger partial charge is 0.454 e. The van der Waals surface area contributed by atoms with Crippen LogP contribution in [0.5, 0.6) is 11.5 Å². The third-order valence-corrected chi connectivity index (χ3v) is 4.47. The first kappa shape index (κ1) is 17.9. The number of ether oxygens (including phenoxy) is 1. The smallest absolute Gasteiger partial charge is 0.349 e. The average Bonchev–Trinajstić information content (AvgIpc) is 3.12. The van der Waals surface area contributed by atoms with Gasteiger partial charge in [-0.15, -0.1) is 5.10 Å². The van der Waals surface area contributed by atoms with E-state index in [0.717, 1.165) is 15.6 Å². The van der Waals surface area contributed by atoms with E-state index in [1.807, 2.05) is 23.3 Å². The predicted octanol–water partition coefficient (Wildman–Crippen LogP) is 3.37. The normalized spacial score (nSPS) is 10.8. The van der Waals surface area contributed by atoms with Gasteiger partial charge in [0.05, 0.1) is 15.7 Å². The fourth-order valence-corrected chi connectivity index (χ4v) is 3.18. The molecule has 4 aromatic rings. The highest BCUT2D eigenvalue weighted by atomic mass is 35.5. The topological polar surface area (TPSA) is 117 Å². The third-order valence-electron chi connectivity index (χ3n) is 3.91. The number of rotatable bonds is 3. The van der Waals surface area contributed by atoms with Gasteiger partial charge in [0.25, 0.3) is 5.56 Å². The number of halogens is 2. The zero-order valence-corrected chi connectivity index (χ0v) is 15.4. The summed E-state index contributed by atoms with van der Waals surface area (Å²) in [5.41, 5.74) is -1.12. The second kappa shape index (κ2) is 6.88. The van der Waals surface area contributed by atoms with Crippen molar-refractivity contribution >= 4 is 34.1 Å². The van der Waals surface area contributed by atoms with E-state index in [-0.39, 0.29) is 21.5 Å². The summed E-state index contributed by atoms with van der Waals surface area (Å²) < 4.78 is 6.63. The van der Waals surface area contributed by atoms with Crippen molar-refractivity contribution in [2.24, 2.45) is 0 Å². The quantitative estimate of drug-likeness (QED) is 0.533. The lowest BCUT2D eigenvalue weighted by Crippen LogP contribution is -2.33. The zero-order chi connectivity index (χ0) is 19.8. The molecular formula is C18H9Cl2N5O3. The minimum Gasteiger partial charge on any atom is -0.454 e. The Bertz CT molecular complexity index is 1360. The number of hydrogen-bond donors (Lipinski definition) is 2. The number of benzene rings is 2. The Morgan fingerprint density at radius 2 is 1.86 bits per heavy atom. The Morgan fingerprint density at radius 1 is 1.11 bits per heavy atom. The molecule has 0 bridgehead atoms. The zero-order valence-electron chi connectivity index (χ0n) is 13.9. The average molecular weight is 414 g/mol. The van der Waals surface area contributed by atoms with Crippen LogP contribution >= 0.6 is 23.2 Å². The van der Waals surface area contributed by atoms with Crippen molar-refractivity contribution in [3.05, 3.63) is 79.2 Å². The summed E-state index contributed by atoms with van der Waals surface area (Å²) in [6, 6.07) is 11.8. The molecule has 2 aromatic heterocycles. The Kier molecular flexibility index (Phi) is 4.39. The Balaban J connectivity index is 1.76. The molecule has 4 rings (SSSR count). The fraction of sp³-hybridized carbons (Fsp3) is 0. The van der Waals surface area contributed by atoms with Crippen LogP contribution in [0.2, 0.25) is 10.0 Å². The van der Waals surface area contributed by atoms with E-state index in [0.29, 0.717) is 5.75 Å². The minimum atomic E-state index is -0.874. The molecule has 2 aromatic carbocycles. The van der Waals surface area contributed by atoms with E-state index < -0.39 is 16.9 Å². The highest BCUT2D eigenvalue weighted by Gasteiger charge is 2.15. The molecule has 0 amide bonds. The molecule has 0 spiro atoms.